The Morgan fingerprint density at radius 1 is 1.08 bits per heavy atom. The maximum atomic E-state index is 13.3. The molecule has 3 aromatic heterocycles. The number of nitrogens with one attached hydrogen (secondary N) is 1. The van der Waals surface area contributed by atoms with Crippen LogP contribution in [0.25, 0.3) is 0 Å². The zero-order chi connectivity index (χ0) is 25.1. The fraction of sp³-hybridized carbons (Fsp3) is 0.240. The quantitative estimate of drug-likeness (QED) is 0.331. The first-order valence-electron chi connectivity index (χ1n) is 11.3. The molecule has 0 saturated carbocycles. The van der Waals surface area contributed by atoms with Gasteiger partial charge in [-0.05, 0) is 35.4 Å². The van der Waals surface area contributed by atoms with Gasteiger partial charge in [0.25, 0.3) is 11.8 Å². The first-order chi connectivity index (χ1) is 17.5. The average Bonchev–Trinajstić information content (AvgIpc) is 3.69. The highest BCUT2D eigenvalue weighted by Gasteiger charge is 2.33. The predicted molar refractivity (Wildman–Crippen MR) is 143 cm³/mol. The zero-order valence-corrected chi connectivity index (χ0v) is 22.2. The molecule has 0 saturated heterocycles. The number of hydrazone groups is 1. The van der Waals surface area contributed by atoms with Crippen LogP contribution in [0.1, 0.15) is 44.0 Å². The van der Waals surface area contributed by atoms with Crippen LogP contribution in [0.15, 0.2) is 69.5 Å². The predicted octanol–water partition coefficient (Wildman–Crippen LogP) is 4.65. The van der Waals surface area contributed by atoms with Crippen molar-refractivity contribution < 1.29 is 9.59 Å². The van der Waals surface area contributed by atoms with E-state index in [0.29, 0.717) is 22.3 Å². The molecule has 2 amide bonds. The molecule has 8 nitrogen and oxygen atoms in total. The maximum Gasteiger partial charge on any atom is 0.261 e. The van der Waals surface area contributed by atoms with E-state index in [9.17, 15) is 9.59 Å². The van der Waals surface area contributed by atoms with Crippen LogP contribution in [0.3, 0.4) is 0 Å². The highest BCUT2D eigenvalue weighted by molar-refractivity contribution is 7.99. The third kappa shape index (κ3) is 5.28. The van der Waals surface area contributed by atoms with E-state index in [4.69, 9.17) is 5.10 Å². The highest BCUT2D eigenvalue weighted by Crippen LogP contribution is 2.34. The van der Waals surface area contributed by atoms with Crippen LogP contribution in [0, 0.1) is 6.92 Å². The summed E-state index contributed by atoms with van der Waals surface area (Å²) in [5.74, 6) is 0.559. The second-order valence-electron chi connectivity index (χ2n) is 8.30. The van der Waals surface area contributed by atoms with Gasteiger partial charge in [0.05, 0.1) is 33.8 Å². The van der Waals surface area contributed by atoms with E-state index in [-0.39, 0.29) is 30.2 Å². The van der Waals surface area contributed by atoms with Gasteiger partial charge in [0, 0.05) is 13.5 Å². The Kier molecular flexibility index (Phi) is 7.30. The number of carbonyl (C=O) groups is 2. The Balaban J connectivity index is 1.26. The summed E-state index contributed by atoms with van der Waals surface area (Å²) in [7, 11) is 1.83. The van der Waals surface area contributed by atoms with Gasteiger partial charge in [0.1, 0.15) is 0 Å². The number of carbonyl (C=O) groups excluding carboxylic acids is 2. The van der Waals surface area contributed by atoms with Crippen LogP contribution in [-0.2, 0) is 18.4 Å². The topological polar surface area (TPSA) is 92.5 Å². The zero-order valence-electron chi connectivity index (χ0n) is 19.7. The Morgan fingerprint density at radius 2 is 1.86 bits per heavy atom. The SMILES string of the molecule is Cc1ccc([C@H]2CC(c3cccs3)=NN2C(=O)CSc2nnc(CNC(=O)c3cccs3)n2C)cc1. The van der Waals surface area contributed by atoms with Crippen LogP contribution >= 0.6 is 34.4 Å². The fourth-order valence-electron chi connectivity index (χ4n) is 3.85. The van der Waals surface area contributed by atoms with Gasteiger partial charge in [-0.3, -0.25) is 9.59 Å². The number of amides is 2. The summed E-state index contributed by atoms with van der Waals surface area (Å²) in [5, 5.41) is 22.1. The Hall–Kier alpha value is -3.28. The van der Waals surface area contributed by atoms with Crippen molar-refractivity contribution >= 4 is 52.0 Å². The minimum absolute atomic E-state index is 0.0901. The molecule has 36 heavy (non-hydrogen) atoms. The number of thioether (sulfide) groups is 1. The molecule has 0 aliphatic carbocycles. The minimum atomic E-state index is -0.145. The van der Waals surface area contributed by atoms with Gasteiger partial charge in [-0.25, -0.2) is 5.01 Å². The molecule has 1 atom stereocenters. The second-order valence-corrected chi connectivity index (χ2v) is 11.1. The Morgan fingerprint density at radius 3 is 2.58 bits per heavy atom. The summed E-state index contributed by atoms with van der Waals surface area (Å²) < 4.78 is 1.80. The Labute approximate surface area is 221 Å². The normalized spacial score (nSPS) is 15.2. The largest absolute Gasteiger partial charge is 0.344 e. The number of aromatic nitrogens is 3. The number of aryl methyl sites for hydroxylation is 1. The smallest absolute Gasteiger partial charge is 0.261 e. The molecule has 1 aliphatic rings. The number of benzene rings is 1. The molecule has 0 bridgehead atoms. The molecule has 4 heterocycles. The number of hydrogen-bond acceptors (Lipinski definition) is 8. The molecule has 5 rings (SSSR count). The number of hydrogen-bond donors (Lipinski definition) is 1. The molecular formula is C25H24N6O2S3. The van der Waals surface area contributed by atoms with Crippen molar-refractivity contribution in [1.82, 2.24) is 25.1 Å². The van der Waals surface area contributed by atoms with Crippen molar-refractivity contribution in [1.29, 1.82) is 0 Å². The third-order valence-corrected chi connectivity index (χ3v) is 8.63. The van der Waals surface area contributed by atoms with Gasteiger partial charge in [-0.15, -0.1) is 32.9 Å². The van der Waals surface area contributed by atoms with Gasteiger partial charge in [0.15, 0.2) is 11.0 Å². The minimum Gasteiger partial charge on any atom is -0.344 e. The molecular weight excluding hydrogens is 513 g/mol. The molecule has 184 valence electrons. The van der Waals surface area contributed by atoms with Gasteiger partial charge >= 0.3 is 0 Å². The summed E-state index contributed by atoms with van der Waals surface area (Å²) in [6, 6.07) is 15.8. The monoisotopic (exact) mass is 536 g/mol. The number of nitrogens with zero attached hydrogens (tertiary/aromatic N) is 5. The molecule has 0 fully saturated rings. The lowest BCUT2D eigenvalue weighted by Gasteiger charge is -2.22. The lowest BCUT2D eigenvalue weighted by atomic mass is 10.00. The molecule has 1 aliphatic heterocycles. The standard InChI is InChI=1S/C25H24N6O2S3/c1-16-7-9-17(10-8-16)19-13-18(20-5-3-11-34-20)29-31(19)23(32)15-36-25-28-27-22(30(25)2)14-26-24(33)21-6-4-12-35-21/h3-12,19H,13-15H2,1-2H3,(H,26,33)/t19-/m1/s1. The summed E-state index contributed by atoms with van der Waals surface area (Å²) in [4.78, 5) is 27.3. The van der Waals surface area contributed by atoms with Crippen molar-refractivity contribution in [2.24, 2.45) is 12.1 Å². The molecule has 1 aromatic carbocycles. The molecule has 0 spiro atoms. The van der Waals surface area contributed by atoms with E-state index in [1.54, 1.807) is 27.0 Å². The second kappa shape index (κ2) is 10.8. The van der Waals surface area contributed by atoms with E-state index in [1.807, 2.05) is 42.9 Å². The molecule has 11 heteroatoms. The van der Waals surface area contributed by atoms with E-state index in [1.165, 1.54) is 28.7 Å². The van der Waals surface area contributed by atoms with Gasteiger partial charge in [-0.2, -0.15) is 5.10 Å². The van der Waals surface area contributed by atoms with E-state index < -0.39 is 0 Å². The van der Waals surface area contributed by atoms with Gasteiger partial charge in [0.2, 0.25) is 0 Å². The van der Waals surface area contributed by atoms with Gasteiger partial charge in [-0.1, -0.05) is 53.7 Å². The van der Waals surface area contributed by atoms with Gasteiger partial charge < -0.3 is 9.88 Å². The fourth-order valence-corrected chi connectivity index (χ4v) is 5.99. The van der Waals surface area contributed by atoms with E-state index >= 15 is 0 Å². The Bertz CT molecular complexity index is 1380. The summed E-state index contributed by atoms with van der Waals surface area (Å²) in [6.07, 6.45) is 0.679. The lowest BCUT2D eigenvalue weighted by Crippen LogP contribution is -2.28. The van der Waals surface area contributed by atoms with Crippen LogP contribution < -0.4 is 5.32 Å². The summed E-state index contributed by atoms with van der Waals surface area (Å²) in [5.41, 5.74) is 3.17. The maximum absolute atomic E-state index is 13.3. The van der Waals surface area contributed by atoms with Crippen LogP contribution in [0.4, 0.5) is 0 Å². The molecule has 0 radical (unpaired) electrons. The lowest BCUT2D eigenvalue weighted by molar-refractivity contribution is -0.130. The first-order valence-corrected chi connectivity index (χ1v) is 14.1. The first kappa shape index (κ1) is 24.4. The number of rotatable bonds is 8. The average molecular weight is 537 g/mol. The van der Waals surface area contributed by atoms with Crippen LogP contribution in [0.2, 0.25) is 0 Å². The van der Waals surface area contributed by atoms with Crippen molar-refractivity contribution in [3.05, 3.63) is 86.0 Å². The molecule has 1 N–H and O–H groups in total. The molecule has 4 aromatic rings. The van der Waals surface area contributed by atoms with Crippen molar-refractivity contribution in [2.45, 2.75) is 31.1 Å². The molecule has 0 unspecified atom stereocenters. The summed E-state index contributed by atoms with van der Waals surface area (Å²) >= 11 is 4.33. The van der Waals surface area contributed by atoms with E-state index in [0.717, 1.165) is 16.2 Å². The highest BCUT2D eigenvalue weighted by atomic mass is 32.2. The van der Waals surface area contributed by atoms with Crippen molar-refractivity contribution in [2.75, 3.05) is 5.75 Å². The van der Waals surface area contributed by atoms with Crippen LogP contribution in [0.5, 0.6) is 0 Å². The van der Waals surface area contributed by atoms with E-state index in [2.05, 4.69) is 39.8 Å². The number of thiophene rings is 2. The third-order valence-electron chi connectivity index (χ3n) is 5.84. The summed E-state index contributed by atoms with van der Waals surface area (Å²) in [6.45, 7) is 2.30. The van der Waals surface area contributed by atoms with Crippen molar-refractivity contribution in [3.8, 4) is 0 Å². The van der Waals surface area contributed by atoms with Crippen LogP contribution in [-0.4, -0.2) is 43.1 Å². The van der Waals surface area contributed by atoms with Crippen molar-refractivity contribution in [3.63, 3.8) is 0 Å².